The van der Waals surface area contributed by atoms with Gasteiger partial charge in [-0.2, -0.15) is 4.31 Å². The summed E-state index contributed by atoms with van der Waals surface area (Å²) in [5.41, 5.74) is 2.21. The minimum atomic E-state index is -3.67. The lowest BCUT2D eigenvalue weighted by Gasteiger charge is -2.39. The average Bonchev–Trinajstić information content (AvgIpc) is 3.44. The lowest BCUT2D eigenvalue weighted by atomic mass is 9.65. The standard InChI is InChI=1S/C32H44N4O4S2/c1-5-34-16-13-25-26(19-34)41-29(27(25)30(38)35-14-7-6-8-15-35)33-28(37)22-9-11-24(12-10-22)42(39,40)36-21-32(4)18-23(36)17-31(2,3)20-32/h9-12,23H,5-8,13-21H2,1-4H3,(H,33,37). The van der Waals surface area contributed by atoms with Gasteiger partial charge in [-0.15, -0.1) is 11.3 Å². The van der Waals surface area contributed by atoms with Gasteiger partial charge in [0.1, 0.15) is 5.00 Å². The molecule has 2 atom stereocenters. The number of likely N-dealkylation sites (N-methyl/N-ethyl adjacent to an activating group) is 1. The maximum Gasteiger partial charge on any atom is 0.257 e. The fourth-order valence-corrected chi connectivity index (χ4v) is 11.1. The van der Waals surface area contributed by atoms with Crippen molar-refractivity contribution in [3.05, 3.63) is 45.8 Å². The summed E-state index contributed by atoms with van der Waals surface area (Å²) in [7, 11) is -3.67. The van der Waals surface area contributed by atoms with Crippen molar-refractivity contribution >= 4 is 38.2 Å². The van der Waals surface area contributed by atoms with Gasteiger partial charge in [-0.3, -0.25) is 14.5 Å². The highest BCUT2D eigenvalue weighted by atomic mass is 32.2. The van der Waals surface area contributed by atoms with Gasteiger partial charge in [0.05, 0.1) is 10.5 Å². The van der Waals surface area contributed by atoms with Crippen molar-refractivity contribution < 1.29 is 18.0 Å². The van der Waals surface area contributed by atoms with E-state index in [2.05, 4.69) is 37.9 Å². The Labute approximate surface area is 254 Å². The molecule has 2 saturated heterocycles. The summed E-state index contributed by atoms with van der Waals surface area (Å²) in [5.74, 6) is -0.314. The van der Waals surface area contributed by atoms with Crippen molar-refractivity contribution in [1.29, 1.82) is 0 Å². The predicted molar refractivity (Wildman–Crippen MR) is 167 cm³/mol. The summed E-state index contributed by atoms with van der Waals surface area (Å²) >= 11 is 1.51. The number of rotatable bonds is 6. The van der Waals surface area contributed by atoms with E-state index >= 15 is 0 Å². The van der Waals surface area contributed by atoms with E-state index in [0.29, 0.717) is 22.7 Å². The number of piperidine rings is 1. The highest BCUT2D eigenvalue weighted by Gasteiger charge is 2.53. The number of carbonyl (C=O) groups excluding carboxylic acids is 2. The summed E-state index contributed by atoms with van der Waals surface area (Å²) in [4.78, 5) is 32.9. The molecule has 8 nitrogen and oxygen atoms in total. The van der Waals surface area contributed by atoms with Gasteiger partial charge in [0.25, 0.3) is 11.8 Å². The number of benzene rings is 1. The number of amides is 2. The number of fused-ring (bicyclic) bond motifs is 3. The smallest absolute Gasteiger partial charge is 0.257 e. The zero-order valence-electron chi connectivity index (χ0n) is 25.4. The number of likely N-dealkylation sites (tertiary alicyclic amines) is 1. The van der Waals surface area contributed by atoms with Gasteiger partial charge in [-0.05, 0) is 92.1 Å². The Morgan fingerprint density at radius 2 is 1.74 bits per heavy atom. The van der Waals surface area contributed by atoms with Crippen LogP contribution in [0.1, 0.15) is 97.4 Å². The molecule has 4 aliphatic rings. The number of thiophene rings is 1. The molecular weight excluding hydrogens is 569 g/mol. The maximum absolute atomic E-state index is 13.7. The zero-order valence-corrected chi connectivity index (χ0v) is 27.0. The van der Waals surface area contributed by atoms with Crippen LogP contribution in [-0.4, -0.2) is 73.1 Å². The highest BCUT2D eigenvalue weighted by Crippen LogP contribution is 2.53. The van der Waals surface area contributed by atoms with Crippen LogP contribution in [0.5, 0.6) is 0 Å². The van der Waals surface area contributed by atoms with Crippen LogP contribution in [0, 0.1) is 10.8 Å². The molecule has 10 heteroatoms. The molecule has 2 aromatic rings. The summed E-state index contributed by atoms with van der Waals surface area (Å²) in [5, 5.41) is 3.66. The summed E-state index contributed by atoms with van der Waals surface area (Å²) in [6.45, 7) is 13.5. The first kappa shape index (κ1) is 29.8. The van der Waals surface area contributed by atoms with Crippen LogP contribution in [-0.2, 0) is 23.0 Å². The number of hydrogen-bond donors (Lipinski definition) is 1. The molecule has 0 spiro atoms. The second kappa shape index (κ2) is 11.0. The average molecular weight is 613 g/mol. The Morgan fingerprint density at radius 3 is 2.43 bits per heavy atom. The fourth-order valence-electron chi connectivity index (χ4n) is 8.07. The number of nitrogens with zero attached hydrogens (tertiary/aromatic N) is 3. The molecule has 2 bridgehead atoms. The molecule has 2 amide bonds. The third kappa shape index (κ3) is 5.55. The highest BCUT2D eigenvalue weighted by molar-refractivity contribution is 7.89. The molecule has 1 aromatic carbocycles. The van der Waals surface area contributed by atoms with Crippen molar-refractivity contribution in [2.24, 2.45) is 10.8 Å². The van der Waals surface area contributed by atoms with E-state index in [0.717, 1.165) is 88.1 Å². The lowest BCUT2D eigenvalue weighted by molar-refractivity contribution is 0.0724. The fraction of sp³-hybridized carbons (Fsp3) is 0.625. The van der Waals surface area contributed by atoms with Gasteiger partial charge in [-0.25, -0.2) is 8.42 Å². The van der Waals surface area contributed by atoms with Crippen molar-refractivity contribution in [1.82, 2.24) is 14.1 Å². The molecule has 1 N–H and O–H groups in total. The monoisotopic (exact) mass is 612 g/mol. The van der Waals surface area contributed by atoms with Gasteiger partial charge in [0.2, 0.25) is 10.0 Å². The maximum atomic E-state index is 13.7. The second-order valence-electron chi connectivity index (χ2n) is 13.9. The molecule has 1 aromatic heterocycles. The van der Waals surface area contributed by atoms with Crippen LogP contribution < -0.4 is 5.32 Å². The van der Waals surface area contributed by atoms with Crippen LogP contribution in [0.25, 0.3) is 0 Å². The quantitative estimate of drug-likeness (QED) is 0.459. The van der Waals surface area contributed by atoms with E-state index in [1.807, 2.05) is 4.90 Å². The van der Waals surface area contributed by atoms with Crippen LogP contribution in [0.15, 0.2) is 29.2 Å². The van der Waals surface area contributed by atoms with E-state index in [9.17, 15) is 18.0 Å². The number of sulfonamides is 1. The first-order valence-electron chi connectivity index (χ1n) is 15.5. The Morgan fingerprint density at radius 1 is 1.02 bits per heavy atom. The molecule has 3 aliphatic heterocycles. The van der Waals surface area contributed by atoms with Gasteiger partial charge in [0, 0.05) is 49.2 Å². The third-order valence-electron chi connectivity index (χ3n) is 9.76. The van der Waals surface area contributed by atoms with Crippen LogP contribution in [0.2, 0.25) is 0 Å². The van der Waals surface area contributed by atoms with E-state index in [4.69, 9.17) is 0 Å². The zero-order chi connectivity index (χ0) is 29.9. The van der Waals surface area contributed by atoms with Crippen LogP contribution >= 0.6 is 11.3 Å². The predicted octanol–water partition coefficient (Wildman–Crippen LogP) is 5.59. The molecule has 228 valence electrons. The van der Waals surface area contributed by atoms with Crippen LogP contribution in [0.3, 0.4) is 0 Å². The van der Waals surface area contributed by atoms with Gasteiger partial charge in [-0.1, -0.05) is 27.7 Å². The molecule has 42 heavy (non-hydrogen) atoms. The minimum absolute atomic E-state index is 0.00329. The van der Waals surface area contributed by atoms with Crippen molar-refractivity contribution in [3.63, 3.8) is 0 Å². The Kier molecular flexibility index (Phi) is 7.82. The molecule has 2 unspecified atom stereocenters. The Hall–Kier alpha value is -2.27. The Balaban J connectivity index is 1.23. The first-order chi connectivity index (χ1) is 19.9. The van der Waals surface area contributed by atoms with Gasteiger partial charge < -0.3 is 10.2 Å². The minimum Gasteiger partial charge on any atom is -0.339 e. The topological polar surface area (TPSA) is 90.0 Å². The molecular formula is C32H44N4O4S2. The molecule has 3 fully saturated rings. The Bertz CT molecular complexity index is 1480. The van der Waals surface area contributed by atoms with Crippen molar-refractivity contribution in [2.75, 3.05) is 38.0 Å². The normalized spacial score (nSPS) is 26.2. The largest absolute Gasteiger partial charge is 0.339 e. The number of nitrogens with one attached hydrogen (secondary N) is 1. The van der Waals surface area contributed by atoms with Crippen LogP contribution in [0.4, 0.5) is 5.00 Å². The van der Waals surface area contributed by atoms with Crippen molar-refractivity contribution in [3.8, 4) is 0 Å². The molecule has 6 rings (SSSR count). The molecule has 1 aliphatic carbocycles. The van der Waals surface area contributed by atoms with E-state index < -0.39 is 10.0 Å². The third-order valence-corrected chi connectivity index (χ3v) is 12.8. The summed E-state index contributed by atoms with van der Waals surface area (Å²) in [6.07, 6.45) is 6.73. The number of hydrogen-bond acceptors (Lipinski definition) is 6. The second-order valence-corrected chi connectivity index (χ2v) is 16.9. The number of carbonyl (C=O) groups is 2. The van der Waals surface area contributed by atoms with E-state index in [1.165, 1.54) is 11.3 Å². The molecule has 1 saturated carbocycles. The van der Waals surface area contributed by atoms with Gasteiger partial charge >= 0.3 is 0 Å². The first-order valence-corrected chi connectivity index (χ1v) is 17.7. The SMILES string of the molecule is CCN1CCc2c(sc(NC(=O)c3ccc(S(=O)(=O)N4CC5(C)CC4CC(C)(C)C5)cc3)c2C(=O)N2CCCCC2)C1. The van der Waals surface area contributed by atoms with Gasteiger partial charge in [0.15, 0.2) is 0 Å². The molecule has 0 radical (unpaired) electrons. The number of anilines is 1. The van der Waals surface area contributed by atoms with Crippen molar-refractivity contribution in [2.45, 2.75) is 90.1 Å². The van der Waals surface area contributed by atoms with E-state index in [-0.39, 0.29) is 33.6 Å². The summed E-state index contributed by atoms with van der Waals surface area (Å²) in [6, 6.07) is 6.30. The molecule has 4 heterocycles. The summed E-state index contributed by atoms with van der Waals surface area (Å²) < 4.78 is 29.1. The van der Waals surface area contributed by atoms with E-state index in [1.54, 1.807) is 28.6 Å². The lowest BCUT2D eigenvalue weighted by Crippen LogP contribution is -2.37.